The van der Waals surface area contributed by atoms with Crippen LogP contribution in [-0.2, 0) is 9.53 Å². The molecule has 126 valence electrons. The number of alkyl halides is 7. The normalized spacial score (nSPS) is 15.0. The highest BCUT2D eigenvalue weighted by Crippen LogP contribution is 2.51. The lowest BCUT2D eigenvalue weighted by atomic mass is 9.83. The molecule has 0 aliphatic carbocycles. The maximum absolute atomic E-state index is 12.8. The molecule has 0 aromatic heterocycles. The van der Waals surface area contributed by atoms with Gasteiger partial charge in [-0.1, -0.05) is 22.6 Å². The molecule has 3 nitrogen and oxygen atoms in total. The van der Waals surface area contributed by atoms with Gasteiger partial charge in [-0.2, -0.15) is 26.3 Å². The summed E-state index contributed by atoms with van der Waals surface area (Å²) in [5, 5.41) is 9.27. The summed E-state index contributed by atoms with van der Waals surface area (Å²) in [6, 6.07) is 0. The highest BCUT2D eigenvalue weighted by Gasteiger charge is 2.78. The molecule has 0 heterocycles. The molecular weight excluding hydrogens is 421 g/mol. The second kappa shape index (κ2) is 5.74. The summed E-state index contributed by atoms with van der Waals surface area (Å²) < 4.78 is 81.1. The molecule has 0 saturated carbocycles. The maximum atomic E-state index is 12.8. The smallest absolute Gasteiger partial charge is 0.430 e. The zero-order valence-corrected chi connectivity index (χ0v) is 13.8. The molecule has 0 unspecified atom stereocenters. The van der Waals surface area contributed by atoms with Gasteiger partial charge in [-0.05, 0) is 27.7 Å². The average molecular weight is 436 g/mol. The largest absolute Gasteiger partial charge is 0.455 e. The Labute approximate surface area is 131 Å². The first-order valence-corrected chi connectivity index (χ1v) is 7.12. The van der Waals surface area contributed by atoms with Gasteiger partial charge >= 0.3 is 18.3 Å². The fourth-order valence-electron chi connectivity index (χ4n) is 1.34. The van der Waals surface area contributed by atoms with Crippen LogP contribution in [0.1, 0.15) is 27.7 Å². The van der Waals surface area contributed by atoms with E-state index in [0.717, 1.165) is 0 Å². The molecule has 0 aliphatic rings. The van der Waals surface area contributed by atoms with Crippen LogP contribution in [0, 0.1) is 5.41 Å². The minimum atomic E-state index is -6.07. The standard InChI is InChI=1S/C11H15F6IO3/c1-7(2,5-18)6(19)21-8(3,4)9(20,10(12,13)14)11(15,16)17/h20H,5H2,1-4H3. The van der Waals surface area contributed by atoms with Gasteiger partial charge in [-0.3, -0.25) is 4.79 Å². The van der Waals surface area contributed by atoms with Crippen LogP contribution in [0.15, 0.2) is 0 Å². The molecular formula is C11H15F6IO3. The zero-order chi connectivity index (χ0) is 17.5. The minimum absolute atomic E-state index is 0.107. The molecule has 0 fully saturated rings. The first kappa shape index (κ1) is 20.7. The van der Waals surface area contributed by atoms with Gasteiger partial charge in [-0.25, -0.2) is 0 Å². The molecule has 0 amide bonds. The number of aliphatic hydroxyl groups is 1. The highest BCUT2D eigenvalue weighted by atomic mass is 127. The van der Waals surface area contributed by atoms with Crippen molar-refractivity contribution in [1.29, 1.82) is 0 Å². The lowest BCUT2D eigenvalue weighted by Gasteiger charge is -2.44. The van der Waals surface area contributed by atoms with Gasteiger partial charge in [0.15, 0.2) is 5.60 Å². The number of carbonyl (C=O) groups is 1. The summed E-state index contributed by atoms with van der Waals surface area (Å²) in [5.74, 6) is -1.27. The van der Waals surface area contributed by atoms with Crippen LogP contribution in [0.25, 0.3) is 0 Å². The third kappa shape index (κ3) is 3.74. The summed E-state index contributed by atoms with van der Waals surface area (Å²) >= 11 is 1.74. The van der Waals surface area contributed by atoms with Crippen molar-refractivity contribution in [2.75, 3.05) is 4.43 Å². The number of hydrogen-bond donors (Lipinski definition) is 1. The topological polar surface area (TPSA) is 46.5 Å². The second-order valence-corrected chi connectivity index (χ2v) is 6.39. The fraction of sp³-hybridized carbons (Fsp3) is 0.909. The predicted octanol–water partition coefficient (Wildman–Crippen LogP) is 3.63. The molecule has 0 rings (SSSR count). The van der Waals surface area contributed by atoms with Gasteiger partial charge in [0.1, 0.15) is 0 Å². The summed E-state index contributed by atoms with van der Waals surface area (Å²) in [6.45, 7) is 3.35. The van der Waals surface area contributed by atoms with Crippen LogP contribution in [0.3, 0.4) is 0 Å². The summed E-state index contributed by atoms with van der Waals surface area (Å²) in [7, 11) is 0. The Morgan fingerprint density at radius 2 is 1.33 bits per heavy atom. The Balaban J connectivity index is 5.79. The molecule has 0 spiro atoms. The Kier molecular flexibility index (Phi) is 5.67. The summed E-state index contributed by atoms with van der Waals surface area (Å²) in [6.07, 6.45) is -12.1. The first-order chi connectivity index (χ1) is 8.94. The molecule has 21 heavy (non-hydrogen) atoms. The van der Waals surface area contributed by atoms with Crippen molar-refractivity contribution in [1.82, 2.24) is 0 Å². The SMILES string of the molecule is CC(C)(CI)C(=O)OC(C)(C)C(O)(C(F)(F)F)C(F)(F)F. The van der Waals surface area contributed by atoms with E-state index in [1.54, 1.807) is 22.6 Å². The van der Waals surface area contributed by atoms with E-state index in [4.69, 9.17) is 0 Å². The van der Waals surface area contributed by atoms with Gasteiger partial charge in [-0.15, -0.1) is 0 Å². The minimum Gasteiger partial charge on any atom is -0.455 e. The number of carbonyl (C=O) groups excluding carboxylic acids is 1. The zero-order valence-electron chi connectivity index (χ0n) is 11.6. The molecule has 0 saturated heterocycles. The van der Waals surface area contributed by atoms with Gasteiger partial charge in [0.25, 0.3) is 5.60 Å². The van der Waals surface area contributed by atoms with E-state index in [-0.39, 0.29) is 4.43 Å². The third-order valence-corrected chi connectivity index (χ3v) is 4.83. The predicted molar refractivity (Wildman–Crippen MR) is 69.9 cm³/mol. The second-order valence-electron chi connectivity index (χ2n) is 5.62. The maximum Gasteiger partial charge on any atom is 0.430 e. The Morgan fingerprint density at radius 1 is 1.00 bits per heavy atom. The third-order valence-electron chi connectivity index (χ3n) is 2.93. The Hall–Kier alpha value is -0.260. The highest BCUT2D eigenvalue weighted by molar-refractivity contribution is 14.1. The number of halogens is 7. The lowest BCUT2D eigenvalue weighted by Crippen LogP contribution is -2.70. The average Bonchev–Trinajstić information content (AvgIpc) is 2.23. The van der Waals surface area contributed by atoms with Gasteiger partial charge < -0.3 is 9.84 Å². The fourth-order valence-corrected chi connectivity index (χ4v) is 1.65. The Morgan fingerprint density at radius 3 is 1.57 bits per heavy atom. The van der Waals surface area contributed by atoms with Crippen LogP contribution in [0.4, 0.5) is 26.3 Å². The number of ether oxygens (including phenoxy) is 1. The molecule has 10 heteroatoms. The van der Waals surface area contributed by atoms with Crippen molar-refractivity contribution in [3.05, 3.63) is 0 Å². The summed E-state index contributed by atoms with van der Waals surface area (Å²) in [5.41, 5.74) is -9.72. The van der Waals surface area contributed by atoms with Crippen LogP contribution in [0.2, 0.25) is 0 Å². The molecule has 0 bridgehead atoms. The molecule has 0 aromatic rings. The summed E-state index contributed by atoms with van der Waals surface area (Å²) in [4.78, 5) is 11.7. The van der Waals surface area contributed by atoms with E-state index in [0.29, 0.717) is 13.8 Å². The van der Waals surface area contributed by atoms with Gasteiger partial charge in [0.05, 0.1) is 5.41 Å². The van der Waals surface area contributed by atoms with Crippen LogP contribution in [0.5, 0.6) is 0 Å². The monoisotopic (exact) mass is 436 g/mol. The van der Waals surface area contributed by atoms with Crippen molar-refractivity contribution in [3.63, 3.8) is 0 Å². The van der Waals surface area contributed by atoms with Crippen molar-refractivity contribution in [2.24, 2.45) is 5.41 Å². The number of rotatable bonds is 4. The molecule has 0 atom stereocenters. The van der Waals surface area contributed by atoms with Crippen LogP contribution in [-0.4, -0.2) is 39.1 Å². The van der Waals surface area contributed by atoms with E-state index in [9.17, 15) is 36.2 Å². The number of esters is 1. The van der Waals surface area contributed by atoms with Crippen molar-refractivity contribution < 1.29 is 41.0 Å². The van der Waals surface area contributed by atoms with E-state index >= 15 is 0 Å². The van der Waals surface area contributed by atoms with Crippen molar-refractivity contribution in [3.8, 4) is 0 Å². The van der Waals surface area contributed by atoms with Crippen LogP contribution >= 0.6 is 22.6 Å². The molecule has 0 radical (unpaired) electrons. The van der Waals surface area contributed by atoms with Crippen LogP contribution < -0.4 is 0 Å². The quantitative estimate of drug-likeness (QED) is 0.317. The Bertz CT molecular complexity index is 386. The first-order valence-electron chi connectivity index (χ1n) is 5.59. The van der Waals surface area contributed by atoms with E-state index in [1.165, 1.54) is 13.8 Å². The molecule has 0 aromatic carbocycles. The molecule has 1 N–H and O–H groups in total. The van der Waals surface area contributed by atoms with E-state index in [2.05, 4.69) is 4.74 Å². The van der Waals surface area contributed by atoms with Crippen molar-refractivity contribution >= 4 is 28.6 Å². The van der Waals surface area contributed by atoms with Crippen molar-refractivity contribution in [2.45, 2.75) is 51.2 Å². The van der Waals surface area contributed by atoms with E-state index < -0.39 is 34.9 Å². The molecule has 0 aliphatic heterocycles. The van der Waals surface area contributed by atoms with E-state index in [1.807, 2.05) is 0 Å². The lowest BCUT2D eigenvalue weighted by molar-refractivity contribution is -0.407. The van der Waals surface area contributed by atoms with Gasteiger partial charge in [0, 0.05) is 4.43 Å². The van der Waals surface area contributed by atoms with Gasteiger partial charge in [0.2, 0.25) is 0 Å². The number of hydrogen-bond acceptors (Lipinski definition) is 3.